The van der Waals surface area contributed by atoms with Crippen molar-refractivity contribution in [2.24, 2.45) is 0 Å². The fourth-order valence-corrected chi connectivity index (χ4v) is 5.72. The lowest BCUT2D eigenvalue weighted by molar-refractivity contribution is 0.0139. The lowest BCUT2D eigenvalue weighted by atomic mass is 10.0. The maximum atomic E-state index is 12.8. The number of hydrogen-bond donors (Lipinski definition) is 3. The van der Waals surface area contributed by atoms with Crippen molar-refractivity contribution in [1.29, 1.82) is 0 Å². The van der Waals surface area contributed by atoms with Crippen LogP contribution in [0.1, 0.15) is 25.7 Å². The molecule has 2 aromatic rings. The van der Waals surface area contributed by atoms with E-state index in [9.17, 15) is 9.90 Å². The molecule has 2 heterocycles. The third-order valence-corrected chi connectivity index (χ3v) is 7.56. The molecule has 2 aliphatic heterocycles. The summed E-state index contributed by atoms with van der Waals surface area (Å²) in [6, 6.07) is 18.5. The zero-order valence-electron chi connectivity index (χ0n) is 22.1. The molecule has 202 valence electrons. The number of anilines is 1. The number of nitrogens with zero attached hydrogens (tertiary/aromatic N) is 2. The standard InChI is InChI=1S/C29H42N4O4/c1-36-20-24-12-13-25(21-37-2)33(24)19-26(34)18-32-16-14-23(15-17-32)30-29(35)31-28-11-7-6-10-27(28)22-8-4-3-5-9-22/h3-11,23-26,34H,12-21H2,1-2H3,(H2,30,31,35)/t24-,25-,26?/m1/s1. The zero-order valence-corrected chi connectivity index (χ0v) is 22.1. The maximum Gasteiger partial charge on any atom is 0.319 e. The second kappa shape index (κ2) is 13.9. The van der Waals surface area contributed by atoms with E-state index in [1.54, 1.807) is 14.2 Å². The Morgan fingerprint density at radius 2 is 1.54 bits per heavy atom. The minimum Gasteiger partial charge on any atom is -0.390 e. The van der Waals surface area contributed by atoms with Crippen molar-refractivity contribution in [2.45, 2.75) is 49.9 Å². The SMILES string of the molecule is COC[C@H]1CC[C@H](COC)N1CC(O)CN1CCC(NC(=O)Nc2ccccc2-c2ccccc2)CC1. The molecule has 2 fully saturated rings. The number of β-amino-alcohol motifs (C(OH)–C–C–N with tert-alkyl or cyclic N) is 1. The van der Waals surface area contributed by atoms with Gasteiger partial charge in [0.25, 0.3) is 0 Å². The Morgan fingerprint density at radius 1 is 0.919 bits per heavy atom. The van der Waals surface area contributed by atoms with Crippen molar-refractivity contribution < 1.29 is 19.4 Å². The molecule has 2 aromatic carbocycles. The Labute approximate surface area is 220 Å². The number of ether oxygens (including phenoxy) is 2. The molecule has 0 saturated carbocycles. The van der Waals surface area contributed by atoms with Crippen LogP contribution in [0.4, 0.5) is 10.5 Å². The monoisotopic (exact) mass is 510 g/mol. The topological polar surface area (TPSA) is 86.3 Å². The van der Waals surface area contributed by atoms with Crippen LogP contribution in [-0.2, 0) is 9.47 Å². The summed E-state index contributed by atoms with van der Waals surface area (Å²) in [6.45, 7) is 4.34. The van der Waals surface area contributed by atoms with Crippen LogP contribution in [0.2, 0.25) is 0 Å². The molecule has 8 nitrogen and oxygen atoms in total. The zero-order chi connectivity index (χ0) is 26.0. The van der Waals surface area contributed by atoms with Crippen LogP contribution < -0.4 is 10.6 Å². The van der Waals surface area contributed by atoms with Gasteiger partial charge in [-0.2, -0.15) is 0 Å². The van der Waals surface area contributed by atoms with Crippen molar-refractivity contribution in [3.05, 3.63) is 54.6 Å². The summed E-state index contributed by atoms with van der Waals surface area (Å²) in [7, 11) is 3.47. The molecule has 0 aromatic heterocycles. The van der Waals surface area contributed by atoms with E-state index in [4.69, 9.17) is 9.47 Å². The highest BCUT2D eigenvalue weighted by atomic mass is 16.5. The van der Waals surface area contributed by atoms with Gasteiger partial charge in [-0.3, -0.25) is 4.90 Å². The van der Waals surface area contributed by atoms with Gasteiger partial charge >= 0.3 is 6.03 Å². The van der Waals surface area contributed by atoms with Gasteiger partial charge in [-0.15, -0.1) is 0 Å². The van der Waals surface area contributed by atoms with E-state index in [0.717, 1.165) is 55.6 Å². The van der Waals surface area contributed by atoms with Crippen molar-refractivity contribution >= 4 is 11.7 Å². The molecular weight excluding hydrogens is 468 g/mol. The Balaban J connectivity index is 1.22. The molecule has 0 bridgehead atoms. The number of hydrogen-bond acceptors (Lipinski definition) is 6. The van der Waals surface area contributed by atoms with Crippen LogP contribution in [0.25, 0.3) is 11.1 Å². The number of amides is 2. The number of piperidine rings is 1. The van der Waals surface area contributed by atoms with Crippen LogP contribution in [0.15, 0.2) is 54.6 Å². The van der Waals surface area contributed by atoms with Crippen molar-refractivity contribution in [1.82, 2.24) is 15.1 Å². The van der Waals surface area contributed by atoms with Gasteiger partial charge < -0.3 is 30.1 Å². The summed E-state index contributed by atoms with van der Waals surface area (Å²) in [4.78, 5) is 17.5. The Hall–Kier alpha value is -2.49. The van der Waals surface area contributed by atoms with E-state index in [1.807, 2.05) is 54.6 Å². The molecule has 8 heteroatoms. The average Bonchev–Trinajstić information content (AvgIpc) is 3.27. The summed E-state index contributed by atoms with van der Waals surface area (Å²) in [5.41, 5.74) is 2.87. The van der Waals surface area contributed by atoms with E-state index in [2.05, 4.69) is 20.4 Å². The van der Waals surface area contributed by atoms with Gasteiger partial charge in [0.15, 0.2) is 0 Å². The van der Waals surface area contributed by atoms with Gasteiger partial charge in [-0.1, -0.05) is 48.5 Å². The van der Waals surface area contributed by atoms with E-state index in [1.165, 1.54) is 0 Å². The first kappa shape index (κ1) is 27.5. The van der Waals surface area contributed by atoms with E-state index < -0.39 is 6.10 Å². The molecule has 2 saturated heterocycles. The molecular formula is C29H42N4O4. The summed E-state index contributed by atoms with van der Waals surface area (Å²) in [5.74, 6) is 0. The largest absolute Gasteiger partial charge is 0.390 e. The third kappa shape index (κ3) is 7.75. The molecule has 3 atom stereocenters. The fourth-order valence-electron chi connectivity index (χ4n) is 5.72. The number of benzene rings is 2. The van der Waals surface area contributed by atoms with E-state index in [0.29, 0.717) is 38.4 Å². The van der Waals surface area contributed by atoms with Gasteiger partial charge in [-0.05, 0) is 37.3 Å². The van der Waals surface area contributed by atoms with Gasteiger partial charge in [-0.25, -0.2) is 4.79 Å². The molecule has 37 heavy (non-hydrogen) atoms. The average molecular weight is 511 g/mol. The van der Waals surface area contributed by atoms with Crippen LogP contribution in [0.3, 0.4) is 0 Å². The summed E-state index contributed by atoms with van der Waals surface area (Å²) < 4.78 is 10.8. The highest BCUT2D eigenvalue weighted by Crippen LogP contribution is 2.28. The number of aliphatic hydroxyl groups excluding tert-OH is 1. The number of likely N-dealkylation sites (tertiary alicyclic amines) is 2. The normalized spacial score (nSPS) is 22.1. The number of carbonyl (C=O) groups excluding carboxylic acids is 1. The van der Waals surface area contributed by atoms with Crippen LogP contribution in [0.5, 0.6) is 0 Å². The summed E-state index contributed by atoms with van der Waals surface area (Å²) >= 11 is 0. The van der Waals surface area contributed by atoms with Crippen LogP contribution in [0, 0.1) is 0 Å². The molecule has 3 N–H and O–H groups in total. The van der Waals surface area contributed by atoms with Crippen molar-refractivity contribution in [3.8, 4) is 11.1 Å². The number of rotatable bonds is 11. The van der Waals surface area contributed by atoms with Crippen LogP contribution in [-0.4, -0.2) is 98.8 Å². The smallest absolute Gasteiger partial charge is 0.319 e. The lowest BCUT2D eigenvalue weighted by Gasteiger charge is -2.36. The number of aliphatic hydroxyl groups is 1. The molecule has 4 rings (SSSR count). The molecule has 1 unspecified atom stereocenters. The highest BCUT2D eigenvalue weighted by Gasteiger charge is 2.35. The second-order valence-electron chi connectivity index (χ2n) is 10.2. The number of nitrogens with one attached hydrogen (secondary N) is 2. The van der Waals surface area contributed by atoms with Gasteiger partial charge in [0.2, 0.25) is 0 Å². The minimum absolute atomic E-state index is 0.119. The highest BCUT2D eigenvalue weighted by molar-refractivity contribution is 5.94. The maximum absolute atomic E-state index is 12.8. The Kier molecular flexibility index (Phi) is 10.3. The number of carbonyl (C=O) groups is 1. The Morgan fingerprint density at radius 3 is 2.19 bits per heavy atom. The molecule has 0 aliphatic carbocycles. The molecule has 0 spiro atoms. The van der Waals surface area contributed by atoms with Crippen molar-refractivity contribution in [3.63, 3.8) is 0 Å². The first-order valence-electron chi connectivity index (χ1n) is 13.4. The predicted molar refractivity (Wildman–Crippen MR) is 147 cm³/mol. The quantitative estimate of drug-likeness (QED) is 0.430. The van der Waals surface area contributed by atoms with E-state index in [-0.39, 0.29) is 12.1 Å². The number of urea groups is 1. The van der Waals surface area contributed by atoms with Gasteiger partial charge in [0, 0.05) is 64.1 Å². The first-order chi connectivity index (χ1) is 18.1. The summed E-state index contributed by atoms with van der Waals surface area (Å²) in [6.07, 6.45) is 3.44. The number of methoxy groups -OCH3 is 2. The second-order valence-corrected chi connectivity index (χ2v) is 10.2. The Bertz CT molecular complexity index is 953. The van der Waals surface area contributed by atoms with Gasteiger partial charge in [0.05, 0.1) is 25.0 Å². The van der Waals surface area contributed by atoms with Crippen LogP contribution >= 0.6 is 0 Å². The molecule has 2 amide bonds. The molecule has 2 aliphatic rings. The van der Waals surface area contributed by atoms with Crippen molar-refractivity contribution in [2.75, 3.05) is 58.9 Å². The third-order valence-electron chi connectivity index (χ3n) is 7.56. The lowest BCUT2D eigenvalue weighted by Crippen LogP contribution is -2.50. The van der Waals surface area contributed by atoms with E-state index >= 15 is 0 Å². The molecule has 0 radical (unpaired) electrons. The predicted octanol–water partition coefficient (Wildman–Crippen LogP) is 3.43. The minimum atomic E-state index is -0.431. The van der Waals surface area contributed by atoms with Gasteiger partial charge in [0.1, 0.15) is 0 Å². The fraction of sp³-hybridized carbons (Fsp3) is 0.552. The first-order valence-corrected chi connectivity index (χ1v) is 13.4. The number of para-hydroxylation sites is 1. The summed E-state index contributed by atoms with van der Waals surface area (Å²) in [5, 5.41) is 17.1.